The molecule has 0 saturated heterocycles. The fourth-order valence-electron chi connectivity index (χ4n) is 2.56. The standard InChI is InChI=1S/C12H18BrNS/c1-7-4-3-5-9(7)12(14)11-6-10(13)8(2)15-11/h6-7,9,12H,3-5,14H2,1-2H3. The highest BCUT2D eigenvalue weighted by molar-refractivity contribution is 9.10. The zero-order valence-corrected chi connectivity index (χ0v) is 11.7. The van der Waals surface area contributed by atoms with E-state index in [1.54, 1.807) is 0 Å². The number of thiophene rings is 1. The number of rotatable bonds is 2. The van der Waals surface area contributed by atoms with Crippen LogP contribution in [0.15, 0.2) is 10.5 Å². The quantitative estimate of drug-likeness (QED) is 0.864. The van der Waals surface area contributed by atoms with Crippen LogP contribution in [0.2, 0.25) is 0 Å². The fraction of sp³-hybridized carbons (Fsp3) is 0.667. The first kappa shape index (κ1) is 11.6. The first-order chi connectivity index (χ1) is 7.09. The molecule has 1 aliphatic carbocycles. The van der Waals surface area contributed by atoms with Crippen molar-refractivity contribution >= 4 is 27.3 Å². The highest BCUT2D eigenvalue weighted by Gasteiger charge is 2.30. The van der Waals surface area contributed by atoms with Gasteiger partial charge in [-0.05, 0) is 47.2 Å². The smallest absolute Gasteiger partial charge is 0.0421 e. The van der Waals surface area contributed by atoms with Gasteiger partial charge in [0.2, 0.25) is 0 Å². The molecule has 3 unspecified atom stereocenters. The maximum Gasteiger partial charge on any atom is 0.0421 e. The van der Waals surface area contributed by atoms with Crippen molar-refractivity contribution in [2.45, 2.75) is 39.2 Å². The van der Waals surface area contributed by atoms with E-state index in [0.717, 1.165) is 5.92 Å². The molecule has 0 spiro atoms. The van der Waals surface area contributed by atoms with Crippen LogP contribution in [0.4, 0.5) is 0 Å². The van der Waals surface area contributed by atoms with Crippen LogP contribution in [-0.2, 0) is 0 Å². The van der Waals surface area contributed by atoms with E-state index in [1.807, 2.05) is 11.3 Å². The molecule has 0 bridgehead atoms. The zero-order chi connectivity index (χ0) is 11.0. The van der Waals surface area contributed by atoms with Crippen LogP contribution in [0, 0.1) is 18.8 Å². The Morgan fingerprint density at radius 1 is 1.53 bits per heavy atom. The molecule has 1 saturated carbocycles. The second-order valence-electron chi connectivity index (χ2n) is 4.65. The van der Waals surface area contributed by atoms with Gasteiger partial charge in [-0.15, -0.1) is 11.3 Å². The van der Waals surface area contributed by atoms with Crippen molar-refractivity contribution in [3.63, 3.8) is 0 Å². The lowest BCUT2D eigenvalue weighted by molar-refractivity contribution is 0.354. The summed E-state index contributed by atoms with van der Waals surface area (Å²) >= 11 is 5.40. The topological polar surface area (TPSA) is 26.0 Å². The first-order valence-electron chi connectivity index (χ1n) is 5.61. The molecule has 1 nitrogen and oxygen atoms in total. The number of aryl methyl sites for hydroxylation is 1. The Labute approximate surface area is 104 Å². The number of hydrogen-bond donors (Lipinski definition) is 1. The van der Waals surface area contributed by atoms with Gasteiger partial charge < -0.3 is 5.73 Å². The van der Waals surface area contributed by atoms with Crippen molar-refractivity contribution in [2.75, 3.05) is 0 Å². The predicted octanol–water partition coefficient (Wildman–Crippen LogP) is 4.26. The Balaban J connectivity index is 2.16. The van der Waals surface area contributed by atoms with Gasteiger partial charge in [0, 0.05) is 20.3 Å². The molecule has 84 valence electrons. The van der Waals surface area contributed by atoms with E-state index in [1.165, 1.54) is 33.5 Å². The minimum atomic E-state index is 0.248. The summed E-state index contributed by atoms with van der Waals surface area (Å²) in [5, 5.41) is 0. The molecule has 1 aliphatic rings. The number of halogens is 1. The van der Waals surface area contributed by atoms with E-state index in [-0.39, 0.29) is 6.04 Å². The lowest BCUT2D eigenvalue weighted by Crippen LogP contribution is -2.22. The summed E-state index contributed by atoms with van der Waals surface area (Å²) in [5.74, 6) is 1.48. The molecule has 15 heavy (non-hydrogen) atoms. The molecule has 0 amide bonds. The molecule has 3 heteroatoms. The maximum absolute atomic E-state index is 6.36. The van der Waals surface area contributed by atoms with Crippen LogP contribution >= 0.6 is 27.3 Å². The highest BCUT2D eigenvalue weighted by atomic mass is 79.9. The SMILES string of the molecule is Cc1sc(C(N)C2CCCC2C)cc1Br. The van der Waals surface area contributed by atoms with E-state index >= 15 is 0 Å². The highest BCUT2D eigenvalue weighted by Crippen LogP contribution is 2.41. The summed E-state index contributed by atoms with van der Waals surface area (Å²) in [5.41, 5.74) is 6.36. The van der Waals surface area contributed by atoms with Gasteiger partial charge in [-0.25, -0.2) is 0 Å². The summed E-state index contributed by atoms with van der Waals surface area (Å²) in [4.78, 5) is 2.68. The third kappa shape index (κ3) is 2.29. The second kappa shape index (κ2) is 4.56. The van der Waals surface area contributed by atoms with Gasteiger partial charge in [-0.2, -0.15) is 0 Å². The minimum Gasteiger partial charge on any atom is -0.323 e. The van der Waals surface area contributed by atoms with Crippen LogP contribution in [0.25, 0.3) is 0 Å². The Hall–Kier alpha value is 0.140. The summed E-state index contributed by atoms with van der Waals surface area (Å²) in [6.45, 7) is 4.48. The maximum atomic E-state index is 6.36. The first-order valence-corrected chi connectivity index (χ1v) is 7.22. The molecule has 2 N–H and O–H groups in total. The Morgan fingerprint density at radius 3 is 2.73 bits per heavy atom. The van der Waals surface area contributed by atoms with Crippen LogP contribution in [-0.4, -0.2) is 0 Å². The van der Waals surface area contributed by atoms with Gasteiger partial charge >= 0.3 is 0 Å². The molecule has 3 atom stereocenters. The minimum absolute atomic E-state index is 0.248. The van der Waals surface area contributed by atoms with Crippen LogP contribution in [0.3, 0.4) is 0 Å². The van der Waals surface area contributed by atoms with Gasteiger partial charge in [0.1, 0.15) is 0 Å². The predicted molar refractivity (Wildman–Crippen MR) is 70.2 cm³/mol. The Bertz CT molecular complexity index is 328. The van der Waals surface area contributed by atoms with Crippen molar-refractivity contribution in [3.05, 3.63) is 20.3 Å². The van der Waals surface area contributed by atoms with Crippen LogP contribution in [0.5, 0.6) is 0 Å². The van der Waals surface area contributed by atoms with Gasteiger partial charge in [0.05, 0.1) is 0 Å². The molecule has 1 heterocycles. The average Bonchev–Trinajstić information content (AvgIpc) is 2.74. The van der Waals surface area contributed by atoms with Crippen LogP contribution in [0.1, 0.15) is 42.0 Å². The molecule has 0 aliphatic heterocycles. The Kier molecular flexibility index (Phi) is 3.53. The van der Waals surface area contributed by atoms with E-state index in [0.29, 0.717) is 5.92 Å². The van der Waals surface area contributed by atoms with Crippen molar-refractivity contribution in [1.29, 1.82) is 0 Å². The molecular formula is C12H18BrNS. The summed E-state index contributed by atoms with van der Waals surface area (Å²) in [7, 11) is 0. The molecule has 2 rings (SSSR count). The monoisotopic (exact) mass is 287 g/mol. The van der Waals surface area contributed by atoms with Gasteiger partial charge in [-0.3, -0.25) is 0 Å². The molecule has 0 aromatic carbocycles. The lowest BCUT2D eigenvalue weighted by atomic mass is 9.90. The molecule has 1 fully saturated rings. The van der Waals surface area contributed by atoms with Crippen molar-refractivity contribution in [3.8, 4) is 0 Å². The Morgan fingerprint density at radius 2 is 2.27 bits per heavy atom. The number of hydrogen-bond acceptors (Lipinski definition) is 2. The van der Waals surface area contributed by atoms with E-state index in [2.05, 4.69) is 35.8 Å². The summed E-state index contributed by atoms with van der Waals surface area (Å²) in [6, 6.07) is 2.45. The van der Waals surface area contributed by atoms with Crippen molar-refractivity contribution in [1.82, 2.24) is 0 Å². The molecule has 1 aromatic rings. The van der Waals surface area contributed by atoms with Crippen molar-refractivity contribution in [2.24, 2.45) is 17.6 Å². The zero-order valence-electron chi connectivity index (χ0n) is 9.29. The molecule has 1 aromatic heterocycles. The largest absolute Gasteiger partial charge is 0.323 e. The second-order valence-corrected chi connectivity index (χ2v) is 6.79. The van der Waals surface area contributed by atoms with Crippen molar-refractivity contribution < 1.29 is 0 Å². The summed E-state index contributed by atoms with van der Waals surface area (Å²) < 4.78 is 1.21. The average molecular weight is 288 g/mol. The fourth-order valence-corrected chi connectivity index (χ4v) is 4.20. The molecule has 0 radical (unpaired) electrons. The van der Waals surface area contributed by atoms with Gasteiger partial charge in [-0.1, -0.05) is 19.8 Å². The third-order valence-electron chi connectivity index (χ3n) is 3.59. The summed E-state index contributed by atoms with van der Waals surface area (Å²) in [6.07, 6.45) is 4.01. The van der Waals surface area contributed by atoms with E-state index in [4.69, 9.17) is 5.73 Å². The van der Waals surface area contributed by atoms with Gasteiger partial charge in [0.15, 0.2) is 0 Å². The normalized spacial score (nSPS) is 28.3. The van der Waals surface area contributed by atoms with Crippen LogP contribution < -0.4 is 5.73 Å². The number of nitrogens with two attached hydrogens (primary N) is 1. The molecular weight excluding hydrogens is 270 g/mol. The lowest BCUT2D eigenvalue weighted by Gasteiger charge is -2.22. The van der Waals surface area contributed by atoms with Gasteiger partial charge in [0.25, 0.3) is 0 Å². The van der Waals surface area contributed by atoms with E-state index in [9.17, 15) is 0 Å². The third-order valence-corrected chi connectivity index (χ3v) is 5.83. The van der Waals surface area contributed by atoms with E-state index < -0.39 is 0 Å².